The van der Waals surface area contributed by atoms with Crippen LogP contribution in [0.3, 0.4) is 0 Å². The standard InChI is InChI=1S/C34H42O12/c1-9-17(2)30(38)45-28-25-26(18(3)21(31(28,5)6)14-23(36)41-8)46-33(39)12-11-32(7)22(34(33,40)29(25)43-19(4)35)15-24(37)44-27(32)20-10-13-42-16-20/h9-10,13,15-16,21,25,27-29,39-40H,11-12,14H2,1-8H3/b17-9+/t21-,25-,27+,28-,29-,32-,33+,34-/m1/s1. The number of esters is 4. The molecule has 0 aromatic carbocycles. The van der Waals surface area contributed by atoms with Gasteiger partial charge in [-0.05, 0) is 44.4 Å². The number of allylic oxidation sites excluding steroid dienone is 2. The predicted molar refractivity (Wildman–Crippen MR) is 159 cm³/mol. The van der Waals surface area contributed by atoms with E-state index in [1.807, 2.05) is 0 Å². The van der Waals surface area contributed by atoms with Crippen LogP contribution in [0, 0.1) is 22.7 Å². The molecule has 2 N–H and O–H groups in total. The number of furan rings is 1. The summed E-state index contributed by atoms with van der Waals surface area (Å²) in [6.07, 6.45) is 1.79. The Labute approximate surface area is 267 Å². The maximum Gasteiger partial charge on any atom is 0.333 e. The molecule has 0 radical (unpaired) electrons. The lowest BCUT2D eigenvalue weighted by Gasteiger charge is -2.64. The molecule has 46 heavy (non-hydrogen) atoms. The van der Waals surface area contributed by atoms with Crippen LogP contribution in [0.2, 0.25) is 0 Å². The molecule has 0 unspecified atom stereocenters. The van der Waals surface area contributed by atoms with Crippen LogP contribution in [0.4, 0.5) is 0 Å². The van der Waals surface area contributed by atoms with Crippen LogP contribution < -0.4 is 0 Å². The minimum atomic E-state index is -2.52. The molecule has 2 aliphatic heterocycles. The van der Waals surface area contributed by atoms with Gasteiger partial charge in [-0.3, -0.25) is 9.59 Å². The van der Waals surface area contributed by atoms with Gasteiger partial charge in [-0.2, -0.15) is 0 Å². The molecule has 5 rings (SSSR count). The summed E-state index contributed by atoms with van der Waals surface area (Å²) in [7, 11) is 1.27. The third kappa shape index (κ3) is 4.88. The van der Waals surface area contributed by atoms with E-state index in [9.17, 15) is 29.4 Å². The number of ether oxygens (including phenoxy) is 5. The van der Waals surface area contributed by atoms with E-state index < -0.39 is 76.2 Å². The molecule has 4 aliphatic rings. The van der Waals surface area contributed by atoms with E-state index in [2.05, 4.69) is 0 Å². The highest BCUT2D eigenvalue weighted by molar-refractivity contribution is 5.88. The van der Waals surface area contributed by atoms with Crippen molar-refractivity contribution in [1.82, 2.24) is 0 Å². The Hall–Kier alpha value is -3.90. The molecule has 0 bridgehead atoms. The quantitative estimate of drug-likeness (QED) is 0.261. The van der Waals surface area contributed by atoms with Gasteiger partial charge in [-0.25, -0.2) is 9.59 Å². The van der Waals surface area contributed by atoms with Gasteiger partial charge in [0.05, 0.1) is 32.0 Å². The molecular formula is C34H42O12. The van der Waals surface area contributed by atoms with E-state index in [0.29, 0.717) is 16.7 Å². The van der Waals surface area contributed by atoms with Crippen LogP contribution >= 0.6 is 0 Å². The maximum absolute atomic E-state index is 13.4. The van der Waals surface area contributed by atoms with Crippen LogP contribution in [0.1, 0.15) is 79.4 Å². The van der Waals surface area contributed by atoms with Crippen LogP contribution in [-0.4, -0.2) is 64.8 Å². The van der Waals surface area contributed by atoms with Crippen LogP contribution in [0.25, 0.3) is 0 Å². The number of carbonyl (C=O) groups is 4. The molecule has 1 saturated carbocycles. The molecule has 3 heterocycles. The Bertz CT molecular complexity index is 1530. The van der Waals surface area contributed by atoms with Gasteiger partial charge in [-0.15, -0.1) is 0 Å². The summed E-state index contributed by atoms with van der Waals surface area (Å²) in [4.78, 5) is 52.0. The Morgan fingerprint density at radius 1 is 1.09 bits per heavy atom. The first-order valence-electron chi connectivity index (χ1n) is 15.3. The Morgan fingerprint density at radius 2 is 1.78 bits per heavy atom. The van der Waals surface area contributed by atoms with E-state index in [4.69, 9.17) is 28.1 Å². The molecule has 0 amide bonds. The number of aliphatic hydroxyl groups is 2. The van der Waals surface area contributed by atoms with Gasteiger partial charge in [0.2, 0.25) is 5.79 Å². The van der Waals surface area contributed by atoms with Gasteiger partial charge in [0, 0.05) is 47.3 Å². The largest absolute Gasteiger partial charge is 0.472 e. The Morgan fingerprint density at radius 3 is 2.37 bits per heavy atom. The fourth-order valence-electron chi connectivity index (χ4n) is 7.94. The molecule has 8 atom stereocenters. The fourth-order valence-corrected chi connectivity index (χ4v) is 7.94. The monoisotopic (exact) mass is 642 g/mol. The number of carbonyl (C=O) groups excluding carboxylic acids is 4. The molecule has 250 valence electrons. The molecule has 2 aliphatic carbocycles. The molecule has 0 spiro atoms. The summed E-state index contributed by atoms with van der Waals surface area (Å²) in [6.45, 7) is 11.5. The average Bonchev–Trinajstić information content (AvgIpc) is 3.53. The van der Waals surface area contributed by atoms with Crippen molar-refractivity contribution in [2.24, 2.45) is 22.7 Å². The maximum atomic E-state index is 13.4. The third-order valence-electron chi connectivity index (χ3n) is 10.6. The van der Waals surface area contributed by atoms with Gasteiger partial charge in [0.25, 0.3) is 0 Å². The highest BCUT2D eigenvalue weighted by Crippen LogP contribution is 2.66. The number of methoxy groups -OCH3 is 1. The summed E-state index contributed by atoms with van der Waals surface area (Å²) in [5.74, 6) is -6.82. The first-order chi connectivity index (χ1) is 21.5. The van der Waals surface area contributed by atoms with E-state index in [1.165, 1.54) is 19.6 Å². The van der Waals surface area contributed by atoms with Gasteiger partial charge in [-0.1, -0.05) is 26.8 Å². The predicted octanol–water partition coefficient (Wildman–Crippen LogP) is 3.97. The van der Waals surface area contributed by atoms with E-state index in [1.54, 1.807) is 53.7 Å². The van der Waals surface area contributed by atoms with Crippen molar-refractivity contribution >= 4 is 23.9 Å². The van der Waals surface area contributed by atoms with Crippen LogP contribution in [-0.2, 0) is 42.9 Å². The summed E-state index contributed by atoms with van der Waals surface area (Å²) in [6, 6.07) is 1.65. The summed E-state index contributed by atoms with van der Waals surface area (Å²) < 4.78 is 34.6. The second-order valence-corrected chi connectivity index (χ2v) is 13.6. The number of cyclic esters (lactones) is 1. The van der Waals surface area contributed by atoms with Crippen LogP contribution in [0.5, 0.6) is 0 Å². The second kappa shape index (κ2) is 11.4. The Kier molecular flexibility index (Phi) is 8.30. The molecule has 12 nitrogen and oxygen atoms in total. The van der Waals surface area contributed by atoms with E-state index in [0.717, 1.165) is 13.0 Å². The van der Waals surface area contributed by atoms with E-state index in [-0.39, 0.29) is 30.6 Å². The molecule has 2 fully saturated rings. The molecule has 1 aromatic heterocycles. The SMILES string of the molecule is C/C=C(\C)C(=O)O[C@@H]1[C@H]2C(=C(C)[C@@H](CC(=O)OC)C1(C)C)O[C@@]1(O)CC[C@]3(C)C(=CC(=O)O[C@H]3c3ccoc3)[C@@]1(O)[C@@H]2OC(C)=O. The van der Waals surface area contributed by atoms with E-state index >= 15 is 0 Å². The van der Waals surface area contributed by atoms with Crippen molar-refractivity contribution in [2.75, 3.05) is 7.11 Å². The van der Waals surface area contributed by atoms with Gasteiger partial charge in [0.15, 0.2) is 11.7 Å². The van der Waals surface area contributed by atoms with Crippen molar-refractivity contribution in [3.8, 4) is 0 Å². The molecule has 1 saturated heterocycles. The van der Waals surface area contributed by atoms with Crippen LogP contribution in [0.15, 0.2) is 57.6 Å². The van der Waals surface area contributed by atoms with Crippen molar-refractivity contribution in [3.05, 3.63) is 58.8 Å². The molecule has 12 heteroatoms. The van der Waals surface area contributed by atoms with Gasteiger partial charge < -0.3 is 38.3 Å². The smallest absolute Gasteiger partial charge is 0.333 e. The highest BCUT2D eigenvalue weighted by Gasteiger charge is 2.75. The number of hydrogen-bond acceptors (Lipinski definition) is 12. The minimum Gasteiger partial charge on any atom is -0.472 e. The zero-order valence-electron chi connectivity index (χ0n) is 27.4. The summed E-state index contributed by atoms with van der Waals surface area (Å²) in [5, 5.41) is 25.4. The zero-order chi connectivity index (χ0) is 34.0. The molecule has 1 aromatic rings. The third-order valence-corrected chi connectivity index (χ3v) is 10.6. The first-order valence-corrected chi connectivity index (χ1v) is 15.3. The van der Waals surface area contributed by atoms with Crippen molar-refractivity contribution < 1.29 is 57.5 Å². The van der Waals surface area contributed by atoms with Crippen molar-refractivity contribution in [2.45, 2.75) is 97.4 Å². The zero-order valence-corrected chi connectivity index (χ0v) is 27.4. The molecular weight excluding hydrogens is 600 g/mol. The highest BCUT2D eigenvalue weighted by atomic mass is 16.7. The first kappa shape index (κ1) is 33.5. The lowest BCUT2D eigenvalue weighted by atomic mass is 9.51. The Balaban J connectivity index is 1.77. The summed E-state index contributed by atoms with van der Waals surface area (Å²) >= 11 is 0. The lowest BCUT2D eigenvalue weighted by Crippen LogP contribution is -2.76. The number of fused-ring (bicyclic) bond motifs is 4. The number of hydrogen-bond donors (Lipinski definition) is 2. The van der Waals surface area contributed by atoms with Gasteiger partial charge >= 0.3 is 23.9 Å². The summed E-state index contributed by atoms with van der Waals surface area (Å²) in [5.41, 5.74) is -3.25. The lowest BCUT2D eigenvalue weighted by molar-refractivity contribution is -0.356. The number of rotatable bonds is 6. The topological polar surface area (TPSA) is 168 Å². The van der Waals surface area contributed by atoms with Gasteiger partial charge in [0.1, 0.15) is 18.0 Å². The fraction of sp³-hybridized carbons (Fsp3) is 0.588. The van der Waals surface area contributed by atoms with Crippen molar-refractivity contribution in [1.29, 1.82) is 0 Å². The van der Waals surface area contributed by atoms with Crippen molar-refractivity contribution in [3.63, 3.8) is 0 Å². The normalized spacial score (nSPS) is 36.6. The minimum absolute atomic E-state index is 0.0448. The second-order valence-electron chi connectivity index (χ2n) is 13.6. The average molecular weight is 643 g/mol.